The molecule has 3 amide bonds. The van der Waals surface area contributed by atoms with Crippen molar-refractivity contribution in [3.05, 3.63) is 71.4 Å². The molecule has 0 unspecified atom stereocenters. The second-order valence-corrected chi connectivity index (χ2v) is 9.15. The van der Waals surface area contributed by atoms with Crippen molar-refractivity contribution < 1.29 is 19.1 Å². The maximum atomic E-state index is 14.1. The monoisotopic (exact) mass is 474 g/mol. The van der Waals surface area contributed by atoms with Crippen LogP contribution in [0.2, 0.25) is 0 Å². The predicted molar refractivity (Wildman–Crippen MR) is 132 cm³/mol. The maximum absolute atomic E-state index is 14.1. The molecule has 3 heterocycles. The first-order valence-electron chi connectivity index (χ1n) is 12.0. The Morgan fingerprint density at radius 3 is 2.31 bits per heavy atom. The molecule has 5 rings (SSSR count). The molecule has 2 aliphatic rings. The quantitative estimate of drug-likeness (QED) is 0.583. The largest absolute Gasteiger partial charge is 0.450 e. The van der Waals surface area contributed by atoms with E-state index in [1.165, 1.54) is 0 Å². The fourth-order valence-electron chi connectivity index (χ4n) is 5.46. The fourth-order valence-corrected chi connectivity index (χ4v) is 5.46. The number of benzene rings is 2. The Balaban J connectivity index is 1.55. The minimum absolute atomic E-state index is 0.0294. The number of para-hydroxylation sites is 1. The van der Waals surface area contributed by atoms with Crippen LogP contribution in [-0.4, -0.2) is 77.0 Å². The van der Waals surface area contributed by atoms with Crippen LogP contribution in [0.1, 0.15) is 40.4 Å². The van der Waals surface area contributed by atoms with Gasteiger partial charge in [-0.15, -0.1) is 0 Å². The van der Waals surface area contributed by atoms with Crippen LogP contribution >= 0.6 is 0 Å². The second kappa shape index (κ2) is 9.09. The van der Waals surface area contributed by atoms with Crippen molar-refractivity contribution in [1.82, 2.24) is 19.3 Å². The Labute approximate surface area is 204 Å². The topological polar surface area (TPSA) is 75.1 Å². The Morgan fingerprint density at radius 2 is 1.57 bits per heavy atom. The molecule has 2 atom stereocenters. The van der Waals surface area contributed by atoms with E-state index in [0.717, 1.165) is 22.0 Å². The standard InChI is InChI=1S/C27H30N4O4/c1-4-35-27(34)31-15-13-30(14-16-31)26(33)23-19-10-5-6-11-20(19)25(32)29(3)24(23)21-17-28(2)22-12-8-7-9-18(21)22/h5-12,17,23-24H,4,13-16H2,1-3H3/t23-,24-/m1/s1. The van der Waals surface area contributed by atoms with Gasteiger partial charge in [-0.2, -0.15) is 0 Å². The van der Waals surface area contributed by atoms with Crippen molar-refractivity contribution in [3.8, 4) is 0 Å². The van der Waals surface area contributed by atoms with Crippen LogP contribution in [0.3, 0.4) is 0 Å². The molecule has 2 aromatic carbocycles. The van der Waals surface area contributed by atoms with Crippen LogP contribution in [0.25, 0.3) is 10.9 Å². The van der Waals surface area contributed by atoms with E-state index in [2.05, 4.69) is 0 Å². The lowest BCUT2D eigenvalue weighted by molar-refractivity contribution is -0.136. The summed E-state index contributed by atoms with van der Waals surface area (Å²) in [5.41, 5.74) is 3.33. The SMILES string of the molecule is CCOC(=O)N1CCN(C(=O)[C@@H]2c3ccccc3C(=O)N(C)[C@@H]2c2cn(C)c3ccccc23)CC1. The van der Waals surface area contributed by atoms with Gasteiger partial charge in [-0.1, -0.05) is 36.4 Å². The molecule has 0 N–H and O–H groups in total. The van der Waals surface area contributed by atoms with Crippen LogP contribution in [0, 0.1) is 0 Å². The number of aryl methyl sites for hydroxylation is 1. The van der Waals surface area contributed by atoms with Crippen molar-refractivity contribution in [3.63, 3.8) is 0 Å². The Hall–Kier alpha value is -3.81. The average molecular weight is 475 g/mol. The number of ether oxygens (including phenoxy) is 1. The third-order valence-corrected chi connectivity index (χ3v) is 7.21. The number of hydrogen-bond donors (Lipinski definition) is 0. The number of fused-ring (bicyclic) bond motifs is 2. The molecule has 2 aliphatic heterocycles. The van der Waals surface area contributed by atoms with E-state index >= 15 is 0 Å². The van der Waals surface area contributed by atoms with E-state index in [1.807, 2.05) is 65.2 Å². The van der Waals surface area contributed by atoms with Gasteiger partial charge in [0, 0.05) is 68.5 Å². The van der Waals surface area contributed by atoms with Crippen molar-refractivity contribution in [1.29, 1.82) is 0 Å². The lowest BCUT2D eigenvalue weighted by atomic mass is 9.79. The summed E-state index contributed by atoms with van der Waals surface area (Å²) >= 11 is 0. The van der Waals surface area contributed by atoms with E-state index in [4.69, 9.17) is 4.74 Å². The molecule has 1 fully saturated rings. The molecule has 35 heavy (non-hydrogen) atoms. The molecule has 0 aliphatic carbocycles. The lowest BCUT2D eigenvalue weighted by Crippen LogP contribution is -2.54. The number of nitrogens with zero attached hydrogens (tertiary/aromatic N) is 4. The number of carbonyl (C=O) groups is 3. The maximum Gasteiger partial charge on any atom is 0.409 e. The van der Waals surface area contributed by atoms with Crippen molar-refractivity contribution in [2.45, 2.75) is 18.9 Å². The van der Waals surface area contributed by atoms with Gasteiger partial charge in [-0.05, 0) is 24.6 Å². The molecule has 8 nitrogen and oxygen atoms in total. The number of carbonyl (C=O) groups excluding carboxylic acids is 3. The number of likely N-dealkylation sites (N-methyl/N-ethyl adjacent to an activating group) is 1. The number of amides is 3. The van der Waals surface area contributed by atoms with Crippen LogP contribution in [-0.2, 0) is 16.6 Å². The molecule has 0 spiro atoms. The minimum atomic E-state index is -0.547. The molecule has 0 radical (unpaired) electrons. The zero-order chi connectivity index (χ0) is 24.7. The summed E-state index contributed by atoms with van der Waals surface area (Å²) in [6, 6.07) is 15.0. The van der Waals surface area contributed by atoms with Gasteiger partial charge in [0.1, 0.15) is 0 Å². The van der Waals surface area contributed by atoms with Gasteiger partial charge in [0.15, 0.2) is 0 Å². The third kappa shape index (κ3) is 3.83. The molecule has 1 aromatic heterocycles. The van der Waals surface area contributed by atoms with Crippen molar-refractivity contribution in [2.75, 3.05) is 39.8 Å². The number of aromatic nitrogens is 1. The van der Waals surface area contributed by atoms with E-state index in [0.29, 0.717) is 38.3 Å². The zero-order valence-corrected chi connectivity index (χ0v) is 20.3. The van der Waals surface area contributed by atoms with Gasteiger partial charge in [0.05, 0.1) is 18.6 Å². The lowest BCUT2D eigenvalue weighted by Gasteiger charge is -2.43. The summed E-state index contributed by atoms with van der Waals surface area (Å²) in [5, 5.41) is 1.03. The molecule has 8 heteroatoms. The Morgan fingerprint density at radius 1 is 0.914 bits per heavy atom. The van der Waals surface area contributed by atoms with E-state index < -0.39 is 12.0 Å². The van der Waals surface area contributed by atoms with E-state index in [1.54, 1.807) is 29.8 Å². The number of hydrogen-bond acceptors (Lipinski definition) is 4. The van der Waals surface area contributed by atoms with E-state index in [9.17, 15) is 14.4 Å². The summed E-state index contributed by atoms with van der Waals surface area (Å²) in [4.78, 5) is 44.9. The molecule has 0 bridgehead atoms. The smallest absolute Gasteiger partial charge is 0.409 e. The molecular weight excluding hydrogens is 444 g/mol. The molecule has 1 saturated heterocycles. The Kier molecular flexibility index (Phi) is 5.96. The first-order chi connectivity index (χ1) is 16.9. The van der Waals surface area contributed by atoms with Gasteiger partial charge in [-0.3, -0.25) is 9.59 Å². The normalized spacial score (nSPS) is 20.2. The fraction of sp³-hybridized carbons (Fsp3) is 0.370. The van der Waals surface area contributed by atoms with Crippen LogP contribution in [0.15, 0.2) is 54.7 Å². The van der Waals surface area contributed by atoms with Crippen molar-refractivity contribution >= 4 is 28.8 Å². The summed E-state index contributed by atoms with van der Waals surface area (Å²) < 4.78 is 7.17. The second-order valence-electron chi connectivity index (χ2n) is 9.15. The van der Waals surface area contributed by atoms with Crippen LogP contribution in [0.4, 0.5) is 4.79 Å². The highest BCUT2D eigenvalue weighted by atomic mass is 16.6. The molecule has 182 valence electrons. The van der Waals surface area contributed by atoms with Gasteiger partial charge in [0.2, 0.25) is 5.91 Å². The van der Waals surface area contributed by atoms with Crippen LogP contribution < -0.4 is 0 Å². The highest BCUT2D eigenvalue weighted by Crippen LogP contribution is 2.45. The summed E-state index contributed by atoms with van der Waals surface area (Å²) in [7, 11) is 3.76. The predicted octanol–water partition coefficient (Wildman–Crippen LogP) is 3.39. The number of rotatable bonds is 3. The number of piperazine rings is 1. The zero-order valence-electron chi connectivity index (χ0n) is 20.3. The van der Waals surface area contributed by atoms with Gasteiger partial charge >= 0.3 is 6.09 Å². The minimum Gasteiger partial charge on any atom is -0.450 e. The third-order valence-electron chi connectivity index (χ3n) is 7.21. The Bertz CT molecular complexity index is 1290. The van der Waals surface area contributed by atoms with Gasteiger partial charge < -0.3 is 24.0 Å². The molecule has 3 aromatic rings. The average Bonchev–Trinajstić information content (AvgIpc) is 3.22. The summed E-state index contributed by atoms with van der Waals surface area (Å²) in [6.45, 7) is 3.80. The van der Waals surface area contributed by atoms with Gasteiger partial charge in [-0.25, -0.2) is 4.79 Å². The first kappa shape index (κ1) is 23.0. The van der Waals surface area contributed by atoms with Gasteiger partial charge in [0.25, 0.3) is 5.91 Å². The van der Waals surface area contributed by atoms with Crippen LogP contribution in [0.5, 0.6) is 0 Å². The summed E-state index contributed by atoms with van der Waals surface area (Å²) in [6.07, 6.45) is 1.69. The van der Waals surface area contributed by atoms with Crippen molar-refractivity contribution in [2.24, 2.45) is 7.05 Å². The summed E-state index contributed by atoms with van der Waals surface area (Å²) in [5.74, 6) is -0.665. The highest BCUT2D eigenvalue weighted by molar-refractivity contribution is 6.02. The molecule has 0 saturated carbocycles. The first-order valence-corrected chi connectivity index (χ1v) is 12.0. The molecular formula is C27H30N4O4. The highest BCUT2D eigenvalue weighted by Gasteiger charge is 2.45. The van der Waals surface area contributed by atoms with E-state index in [-0.39, 0.29) is 17.9 Å².